The van der Waals surface area contributed by atoms with E-state index in [-0.39, 0.29) is 24.5 Å². The van der Waals surface area contributed by atoms with Crippen LogP contribution in [0, 0.1) is 5.41 Å². The summed E-state index contributed by atoms with van der Waals surface area (Å²) < 4.78 is 11.8. The third-order valence-corrected chi connectivity index (χ3v) is 5.89. The van der Waals surface area contributed by atoms with Crippen LogP contribution in [0.5, 0.6) is 11.6 Å². The first-order valence-electron chi connectivity index (χ1n) is 11.3. The summed E-state index contributed by atoms with van der Waals surface area (Å²) in [6.45, 7) is 7.91. The highest BCUT2D eigenvalue weighted by Gasteiger charge is 2.28. The number of benzene rings is 2. The number of hydrogen-bond donors (Lipinski definition) is 1. The number of ketones is 1. The van der Waals surface area contributed by atoms with E-state index >= 15 is 0 Å². The van der Waals surface area contributed by atoms with Crippen molar-refractivity contribution in [1.82, 2.24) is 4.98 Å². The lowest BCUT2D eigenvalue weighted by Crippen LogP contribution is -2.44. The van der Waals surface area contributed by atoms with Gasteiger partial charge >= 0.3 is 6.03 Å². The number of carbonyl (C=O) groups is 2. The number of rotatable bonds is 6. The van der Waals surface area contributed by atoms with Gasteiger partial charge in [-0.2, -0.15) is 0 Å². The number of anilines is 2. The van der Waals surface area contributed by atoms with Gasteiger partial charge in [0.25, 0.3) is 0 Å². The van der Waals surface area contributed by atoms with Gasteiger partial charge in [0.1, 0.15) is 24.2 Å². The Hall–Kier alpha value is -3.87. The molecule has 3 aromatic rings. The van der Waals surface area contributed by atoms with Gasteiger partial charge < -0.3 is 14.8 Å². The summed E-state index contributed by atoms with van der Waals surface area (Å²) in [5, 5.41) is 2.94. The lowest BCUT2D eigenvalue weighted by Gasteiger charge is -2.33. The third-order valence-electron chi connectivity index (χ3n) is 5.89. The number of nitrogens with zero attached hydrogens (tertiary/aromatic N) is 2. The maximum atomic E-state index is 13.0. The fraction of sp³-hybridized carbons (Fsp3) is 0.296. The summed E-state index contributed by atoms with van der Waals surface area (Å²) in [5.41, 5.74) is 2.70. The molecule has 1 aliphatic rings. The largest absolute Gasteiger partial charge is 0.487 e. The number of amides is 2. The minimum Gasteiger partial charge on any atom is -0.487 e. The number of hydrogen-bond acceptors (Lipinski definition) is 5. The number of fused-ring (bicyclic) bond motifs is 1. The molecule has 0 saturated heterocycles. The van der Waals surface area contributed by atoms with Crippen molar-refractivity contribution in [3.05, 3.63) is 66.9 Å². The van der Waals surface area contributed by atoms with Gasteiger partial charge in [-0.15, -0.1) is 0 Å². The molecule has 0 saturated carbocycles. The highest BCUT2D eigenvalue weighted by molar-refractivity contribution is 6.03. The molecule has 0 bridgehead atoms. The molecule has 34 heavy (non-hydrogen) atoms. The van der Waals surface area contributed by atoms with E-state index < -0.39 is 5.41 Å². The Morgan fingerprint density at radius 3 is 2.53 bits per heavy atom. The third kappa shape index (κ3) is 5.20. The van der Waals surface area contributed by atoms with Gasteiger partial charge in [0.15, 0.2) is 0 Å². The van der Waals surface area contributed by atoms with Crippen molar-refractivity contribution in [2.24, 2.45) is 5.41 Å². The molecule has 1 aromatic heterocycles. The number of ether oxygens (including phenoxy) is 2. The zero-order valence-corrected chi connectivity index (χ0v) is 19.9. The molecule has 0 spiro atoms. The lowest BCUT2D eigenvalue weighted by atomic mass is 9.90. The normalized spacial score (nSPS) is 15.2. The van der Waals surface area contributed by atoms with E-state index in [1.54, 1.807) is 24.1 Å². The van der Waals surface area contributed by atoms with E-state index in [1.807, 2.05) is 75.4 Å². The molecule has 0 radical (unpaired) electrons. The van der Waals surface area contributed by atoms with Crippen LogP contribution in [0.3, 0.4) is 0 Å². The molecule has 0 aliphatic carbocycles. The predicted molar refractivity (Wildman–Crippen MR) is 133 cm³/mol. The number of Topliss-reactive ketones (excluding diaryl/α,β-unsaturated/α-hetero) is 1. The topological polar surface area (TPSA) is 80.8 Å². The SMILES string of the molecule is CC(=O)C(C)(C)COc1ccc(-c2ccc3c(c2)O[C@H](C)CN3C(=O)Nc2ccccc2)cn1. The van der Waals surface area contributed by atoms with Crippen molar-refractivity contribution in [3.8, 4) is 22.8 Å². The van der Waals surface area contributed by atoms with Gasteiger partial charge in [-0.3, -0.25) is 9.69 Å². The van der Waals surface area contributed by atoms with Crippen molar-refractivity contribution in [2.75, 3.05) is 23.4 Å². The smallest absolute Gasteiger partial charge is 0.326 e. The van der Waals surface area contributed by atoms with Crippen LogP contribution in [-0.4, -0.2) is 36.1 Å². The number of urea groups is 1. The number of carbonyl (C=O) groups excluding carboxylic acids is 2. The first-order valence-corrected chi connectivity index (χ1v) is 11.3. The van der Waals surface area contributed by atoms with Crippen molar-refractivity contribution in [1.29, 1.82) is 0 Å². The Morgan fingerprint density at radius 1 is 1.12 bits per heavy atom. The molecule has 7 heteroatoms. The van der Waals surface area contributed by atoms with E-state index in [0.717, 1.165) is 22.5 Å². The summed E-state index contributed by atoms with van der Waals surface area (Å²) in [7, 11) is 0. The summed E-state index contributed by atoms with van der Waals surface area (Å²) in [5.74, 6) is 1.17. The van der Waals surface area contributed by atoms with E-state index in [1.165, 1.54) is 0 Å². The fourth-order valence-corrected chi connectivity index (χ4v) is 3.52. The van der Waals surface area contributed by atoms with E-state index in [0.29, 0.717) is 18.2 Å². The Balaban J connectivity index is 1.51. The van der Waals surface area contributed by atoms with Crippen LogP contribution < -0.4 is 19.7 Å². The molecular formula is C27H29N3O4. The van der Waals surface area contributed by atoms with Crippen LogP contribution in [0.2, 0.25) is 0 Å². The van der Waals surface area contributed by atoms with Crippen molar-refractivity contribution in [3.63, 3.8) is 0 Å². The molecule has 0 unspecified atom stereocenters. The Bertz CT molecular complexity index is 1180. The summed E-state index contributed by atoms with van der Waals surface area (Å²) in [4.78, 5) is 30.7. The number of pyridine rings is 1. The molecule has 1 N–H and O–H groups in total. The molecule has 2 heterocycles. The maximum Gasteiger partial charge on any atom is 0.326 e. The molecular weight excluding hydrogens is 430 g/mol. The lowest BCUT2D eigenvalue weighted by molar-refractivity contribution is -0.126. The van der Waals surface area contributed by atoms with Crippen molar-refractivity contribution >= 4 is 23.2 Å². The standard InChI is InChI=1S/C27H29N3O4/c1-18-16-30(26(32)29-22-8-6-5-7-9-22)23-12-10-20(14-24(23)34-18)21-11-13-25(28-15-21)33-17-27(3,4)19(2)31/h5-15,18H,16-17H2,1-4H3,(H,29,32)/t18-/m1/s1. The van der Waals surface area contributed by atoms with Crippen molar-refractivity contribution < 1.29 is 19.1 Å². The minimum atomic E-state index is -0.564. The average Bonchev–Trinajstić information content (AvgIpc) is 2.82. The number of para-hydroxylation sites is 1. The average molecular weight is 460 g/mol. The number of aromatic nitrogens is 1. The molecule has 1 atom stereocenters. The molecule has 1 aliphatic heterocycles. The number of nitrogens with one attached hydrogen (secondary N) is 1. The minimum absolute atomic E-state index is 0.0684. The van der Waals surface area contributed by atoms with Crippen molar-refractivity contribution in [2.45, 2.75) is 33.8 Å². The van der Waals surface area contributed by atoms with Gasteiger partial charge in [0, 0.05) is 23.5 Å². The summed E-state index contributed by atoms with van der Waals surface area (Å²) in [6.07, 6.45) is 1.58. The molecule has 2 amide bonds. The molecule has 176 valence electrons. The first-order chi connectivity index (χ1) is 16.2. The molecule has 4 rings (SSSR count). The first kappa shape index (κ1) is 23.3. The van der Waals surface area contributed by atoms with Gasteiger partial charge in [-0.25, -0.2) is 9.78 Å². The second-order valence-corrected chi connectivity index (χ2v) is 9.13. The molecule has 0 fully saturated rings. The van der Waals surface area contributed by atoms with E-state index in [9.17, 15) is 9.59 Å². The van der Waals surface area contributed by atoms with Crippen LogP contribution in [0.4, 0.5) is 16.2 Å². The zero-order valence-electron chi connectivity index (χ0n) is 19.9. The van der Waals surface area contributed by atoms with Gasteiger partial charge in [-0.05, 0) is 63.6 Å². The van der Waals surface area contributed by atoms with Crippen LogP contribution in [0.1, 0.15) is 27.7 Å². The van der Waals surface area contributed by atoms with E-state index in [2.05, 4.69) is 10.3 Å². The second kappa shape index (κ2) is 9.55. The monoisotopic (exact) mass is 459 g/mol. The van der Waals surface area contributed by atoms with E-state index in [4.69, 9.17) is 9.47 Å². The Kier molecular flexibility index (Phi) is 6.54. The van der Waals surface area contributed by atoms with Crippen LogP contribution in [0.15, 0.2) is 66.9 Å². The fourth-order valence-electron chi connectivity index (χ4n) is 3.52. The second-order valence-electron chi connectivity index (χ2n) is 9.13. The van der Waals surface area contributed by atoms with Gasteiger partial charge in [0.2, 0.25) is 5.88 Å². The van der Waals surface area contributed by atoms with Gasteiger partial charge in [0.05, 0.1) is 17.6 Å². The quantitative estimate of drug-likeness (QED) is 0.522. The van der Waals surface area contributed by atoms with Crippen LogP contribution in [0.25, 0.3) is 11.1 Å². The molecule has 7 nitrogen and oxygen atoms in total. The molecule has 2 aromatic carbocycles. The van der Waals surface area contributed by atoms with Crippen LogP contribution >= 0.6 is 0 Å². The Labute approximate surface area is 199 Å². The Morgan fingerprint density at radius 2 is 1.85 bits per heavy atom. The highest BCUT2D eigenvalue weighted by Crippen LogP contribution is 2.37. The van der Waals surface area contributed by atoms with Gasteiger partial charge in [-0.1, -0.05) is 24.3 Å². The van der Waals surface area contributed by atoms with Crippen LogP contribution in [-0.2, 0) is 4.79 Å². The summed E-state index contributed by atoms with van der Waals surface area (Å²) in [6, 6.07) is 18.6. The highest BCUT2D eigenvalue weighted by atomic mass is 16.5. The predicted octanol–water partition coefficient (Wildman–Crippen LogP) is 5.56. The zero-order chi connectivity index (χ0) is 24.3. The maximum absolute atomic E-state index is 13.0. The summed E-state index contributed by atoms with van der Waals surface area (Å²) >= 11 is 0.